The fourth-order valence-corrected chi connectivity index (χ4v) is 3.16. The standard InChI is InChI=1S/C25H26F3N3O7/c1-3-35-21-12-16(4-9-20(21)34-2)10-11-29-24(33)19-14-37-23(31-19)13-30-22(32)15-36-17-5-7-18(8-6-17)38-25(26,27)28/h4-9,12,14H,3,10-11,13,15H2,1-2H3,(H,29,33)(H,30,32). The molecule has 0 aliphatic heterocycles. The van der Waals surface area contributed by atoms with Crippen LogP contribution in [0.4, 0.5) is 13.2 Å². The number of ether oxygens (including phenoxy) is 4. The van der Waals surface area contributed by atoms with Crippen molar-refractivity contribution in [1.29, 1.82) is 0 Å². The van der Waals surface area contributed by atoms with Gasteiger partial charge in [-0.2, -0.15) is 0 Å². The average molecular weight is 537 g/mol. The van der Waals surface area contributed by atoms with Crippen molar-refractivity contribution in [2.24, 2.45) is 0 Å². The third-order valence-electron chi connectivity index (χ3n) is 4.88. The van der Waals surface area contributed by atoms with Gasteiger partial charge in [-0.15, -0.1) is 13.2 Å². The normalized spacial score (nSPS) is 11.0. The number of benzene rings is 2. The number of nitrogens with zero attached hydrogens (tertiary/aromatic N) is 1. The molecule has 0 aliphatic carbocycles. The molecule has 204 valence electrons. The van der Waals surface area contributed by atoms with Gasteiger partial charge in [-0.05, 0) is 55.3 Å². The topological polar surface area (TPSA) is 121 Å². The van der Waals surface area contributed by atoms with Gasteiger partial charge in [0, 0.05) is 6.54 Å². The molecule has 38 heavy (non-hydrogen) atoms. The Morgan fingerprint density at radius 2 is 1.74 bits per heavy atom. The van der Waals surface area contributed by atoms with Crippen molar-refractivity contribution in [3.63, 3.8) is 0 Å². The number of alkyl halides is 3. The average Bonchev–Trinajstić information content (AvgIpc) is 3.36. The summed E-state index contributed by atoms with van der Waals surface area (Å²) < 4.78 is 61.6. The van der Waals surface area contributed by atoms with Gasteiger partial charge in [-0.25, -0.2) is 4.98 Å². The van der Waals surface area contributed by atoms with E-state index in [1.54, 1.807) is 13.2 Å². The van der Waals surface area contributed by atoms with E-state index < -0.39 is 30.5 Å². The monoisotopic (exact) mass is 537 g/mol. The van der Waals surface area contributed by atoms with Crippen LogP contribution in [0, 0.1) is 0 Å². The fraction of sp³-hybridized carbons (Fsp3) is 0.320. The van der Waals surface area contributed by atoms with Crippen LogP contribution in [0.2, 0.25) is 0 Å². The highest BCUT2D eigenvalue weighted by Crippen LogP contribution is 2.28. The van der Waals surface area contributed by atoms with Crippen LogP contribution in [0.25, 0.3) is 0 Å². The summed E-state index contributed by atoms with van der Waals surface area (Å²) in [6.07, 6.45) is -3.07. The molecule has 1 aromatic heterocycles. The zero-order valence-electron chi connectivity index (χ0n) is 20.6. The van der Waals surface area contributed by atoms with Crippen molar-refractivity contribution >= 4 is 11.8 Å². The molecule has 0 aliphatic rings. The maximum Gasteiger partial charge on any atom is 0.573 e. The van der Waals surface area contributed by atoms with E-state index in [0.29, 0.717) is 31.1 Å². The van der Waals surface area contributed by atoms with E-state index in [4.69, 9.17) is 18.6 Å². The number of rotatable bonds is 13. The third-order valence-corrected chi connectivity index (χ3v) is 4.88. The predicted octanol–water partition coefficient (Wildman–Crippen LogP) is 3.65. The Morgan fingerprint density at radius 1 is 1.00 bits per heavy atom. The first-order valence-electron chi connectivity index (χ1n) is 11.4. The van der Waals surface area contributed by atoms with Crippen molar-refractivity contribution in [3.8, 4) is 23.0 Å². The number of amides is 2. The molecular weight excluding hydrogens is 511 g/mol. The van der Waals surface area contributed by atoms with E-state index in [2.05, 4.69) is 20.4 Å². The van der Waals surface area contributed by atoms with Gasteiger partial charge in [-0.1, -0.05) is 6.07 Å². The third kappa shape index (κ3) is 8.91. The second kappa shape index (κ2) is 13.2. The van der Waals surface area contributed by atoms with Crippen molar-refractivity contribution in [3.05, 3.63) is 65.9 Å². The highest BCUT2D eigenvalue weighted by molar-refractivity contribution is 5.91. The van der Waals surface area contributed by atoms with Crippen LogP contribution in [0.15, 0.2) is 53.1 Å². The lowest BCUT2D eigenvalue weighted by Gasteiger charge is -2.11. The highest BCUT2D eigenvalue weighted by atomic mass is 19.4. The van der Waals surface area contributed by atoms with Crippen molar-refractivity contribution in [1.82, 2.24) is 15.6 Å². The minimum atomic E-state index is -4.80. The van der Waals surface area contributed by atoms with E-state index in [9.17, 15) is 22.8 Å². The number of methoxy groups -OCH3 is 1. The van der Waals surface area contributed by atoms with Crippen molar-refractivity contribution in [2.45, 2.75) is 26.3 Å². The predicted molar refractivity (Wildman–Crippen MR) is 127 cm³/mol. The van der Waals surface area contributed by atoms with Gasteiger partial charge in [0.2, 0.25) is 5.89 Å². The van der Waals surface area contributed by atoms with Crippen LogP contribution in [0.1, 0.15) is 28.9 Å². The molecule has 2 amide bonds. The molecular formula is C25H26F3N3O7. The summed E-state index contributed by atoms with van der Waals surface area (Å²) in [5.74, 6) is 0.154. The van der Waals surface area contributed by atoms with E-state index in [-0.39, 0.29) is 23.9 Å². The molecule has 0 saturated carbocycles. The van der Waals surface area contributed by atoms with Crippen LogP contribution < -0.4 is 29.6 Å². The van der Waals surface area contributed by atoms with Gasteiger partial charge in [0.25, 0.3) is 11.8 Å². The number of hydrogen-bond donors (Lipinski definition) is 2. The first-order chi connectivity index (χ1) is 18.2. The summed E-state index contributed by atoms with van der Waals surface area (Å²) in [5, 5.41) is 5.25. The first-order valence-corrected chi connectivity index (χ1v) is 11.4. The lowest BCUT2D eigenvalue weighted by Crippen LogP contribution is -2.29. The number of oxazole rings is 1. The van der Waals surface area contributed by atoms with Gasteiger partial charge < -0.3 is 34.0 Å². The molecule has 0 spiro atoms. The Labute approximate surface area is 216 Å². The minimum absolute atomic E-state index is 0.0522. The SMILES string of the molecule is CCOc1cc(CCNC(=O)c2coc(CNC(=O)COc3ccc(OC(F)(F)F)cc3)n2)ccc1OC. The zero-order chi connectivity index (χ0) is 27.5. The van der Waals surface area contributed by atoms with E-state index >= 15 is 0 Å². The number of carbonyl (C=O) groups excluding carboxylic acids is 2. The van der Waals surface area contributed by atoms with Crippen LogP contribution >= 0.6 is 0 Å². The zero-order valence-corrected chi connectivity index (χ0v) is 20.6. The maximum absolute atomic E-state index is 12.4. The quantitative estimate of drug-likeness (QED) is 0.339. The first kappa shape index (κ1) is 28.2. The summed E-state index contributed by atoms with van der Waals surface area (Å²) in [5.41, 5.74) is 1.00. The Morgan fingerprint density at radius 3 is 2.42 bits per heavy atom. The molecule has 0 radical (unpaired) electrons. The molecule has 13 heteroatoms. The summed E-state index contributed by atoms with van der Waals surface area (Å²) in [6.45, 7) is 2.22. The molecule has 0 bridgehead atoms. The molecule has 1 heterocycles. The molecule has 3 rings (SSSR count). The Kier molecular flexibility index (Phi) is 9.79. The molecule has 2 N–H and O–H groups in total. The van der Waals surface area contributed by atoms with Crippen LogP contribution in [0.3, 0.4) is 0 Å². The molecule has 2 aromatic carbocycles. The summed E-state index contributed by atoms with van der Waals surface area (Å²) >= 11 is 0. The van der Waals surface area contributed by atoms with Crippen LogP contribution in [-0.2, 0) is 17.8 Å². The second-order valence-electron chi connectivity index (χ2n) is 7.64. The minimum Gasteiger partial charge on any atom is -0.493 e. The van der Waals surface area contributed by atoms with Crippen LogP contribution in [0.5, 0.6) is 23.0 Å². The summed E-state index contributed by atoms with van der Waals surface area (Å²) in [7, 11) is 1.56. The molecule has 0 saturated heterocycles. The van der Waals surface area contributed by atoms with Gasteiger partial charge >= 0.3 is 6.36 Å². The van der Waals surface area contributed by atoms with Gasteiger partial charge in [-0.3, -0.25) is 9.59 Å². The van der Waals surface area contributed by atoms with Crippen LogP contribution in [-0.4, -0.2) is 50.0 Å². The fourth-order valence-electron chi connectivity index (χ4n) is 3.16. The van der Waals surface area contributed by atoms with E-state index in [1.807, 2.05) is 19.1 Å². The van der Waals surface area contributed by atoms with Gasteiger partial charge in [0.1, 0.15) is 17.8 Å². The number of halogens is 3. The van der Waals surface area contributed by atoms with Crippen molar-refractivity contribution < 1.29 is 46.1 Å². The van der Waals surface area contributed by atoms with Gasteiger partial charge in [0.15, 0.2) is 23.8 Å². The smallest absolute Gasteiger partial charge is 0.493 e. The molecule has 3 aromatic rings. The van der Waals surface area contributed by atoms with Crippen molar-refractivity contribution in [2.75, 3.05) is 26.9 Å². The summed E-state index contributed by atoms with van der Waals surface area (Å²) in [4.78, 5) is 28.4. The van der Waals surface area contributed by atoms with E-state index in [0.717, 1.165) is 17.7 Å². The molecule has 10 nitrogen and oxygen atoms in total. The number of carbonyl (C=O) groups is 2. The number of aromatic nitrogens is 1. The largest absolute Gasteiger partial charge is 0.573 e. The Bertz CT molecular complexity index is 1210. The molecule has 0 atom stereocenters. The molecule has 0 fully saturated rings. The lowest BCUT2D eigenvalue weighted by atomic mass is 10.1. The Hall–Kier alpha value is -4.42. The Balaban J connectivity index is 1.39. The molecule has 0 unspecified atom stereocenters. The number of nitrogens with one attached hydrogen (secondary N) is 2. The van der Waals surface area contributed by atoms with Gasteiger partial charge in [0.05, 0.1) is 20.3 Å². The highest BCUT2D eigenvalue weighted by Gasteiger charge is 2.31. The lowest BCUT2D eigenvalue weighted by molar-refractivity contribution is -0.274. The van der Waals surface area contributed by atoms with E-state index in [1.165, 1.54) is 18.4 Å². The number of hydrogen-bond acceptors (Lipinski definition) is 8. The maximum atomic E-state index is 12.4. The summed E-state index contributed by atoms with van der Waals surface area (Å²) in [6, 6.07) is 10.1. The second-order valence-corrected chi connectivity index (χ2v) is 7.64.